The SMILES string of the molecule is CN(C)C=O.O=C(O)c1cnccn1. The summed E-state index contributed by atoms with van der Waals surface area (Å²) in [4.78, 5) is 28.1. The molecule has 1 heterocycles. The largest absolute Gasteiger partial charge is 0.476 e. The molecule has 0 radical (unpaired) electrons. The van der Waals surface area contributed by atoms with Gasteiger partial charge < -0.3 is 10.0 Å². The minimum atomic E-state index is -1.05. The van der Waals surface area contributed by atoms with Gasteiger partial charge in [0.15, 0.2) is 5.69 Å². The third-order valence-corrected chi connectivity index (χ3v) is 0.993. The number of carbonyl (C=O) groups excluding carboxylic acids is 1. The first kappa shape index (κ1) is 12.0. The molecule has 6 heteroatoms. The molecule has 0 saturated carbocycles. The van der Waals surface area contributed by atoms with Crippen LogP contribution >= 0.6 is 0 Å². The van der Waals surface area contributed by atoms with E-state index in [2.05, 4.69) is 9.97 Å². The van der Waals surface area contributed by atoms with Crippen molar-refractivity contribution in [3.8, 4) is 0 Å². The maximum Gasteiger partial charge on any atom is 0.356 e. The molecule has 0 unspecified atom stereocenters. The highest BCUT2D eigenvalue weighted by molar-refractivity contribution is 5.84. The molecule has 0 fully saturated rings. The van der Waals surface area contributed by atoms with Crippen molar-refractivity contribution in [3.63, 3.8) is 0 Å². The van der Waals surface area contributed by atoms with Gasteiger partial charge >= 0.3 is 5.97 Å². The number of hydrogen-bond donors (Lipinski definition) is 1. The molecule has 1 aromatic rings. The first-order valence-electron chi connectivity index (χ1n) is 3.69. The molecular weight excluding hydrogens is 186 g/mol. The van der Waals surface area contributed by atoms with Crippen LogP contribution in [0.4, 0.5) is 0 Å². The zero-order valence-corrected chi connectivity index (χ0v) is 7.91. The molecule has 14 heavy (non-hydrogen) atoms. The molecular formula is C8H11N3O3. The topological polar surface area (TPSA) is 83.4 Å². The number of carbonyl (C=O) groups is 2. The fourth-order valence-corrected chi connectivity index (χ4v) is 0.410. The second-order valence-electron chi connectivity index (χ2n) is 2.46. The molecule has 0 aliphatic carbocycles. The van der Waals surface area contributed by atoms with Crippen LogP contribution in [0.25, 0.3) is 0 Å². The normalized spacial score (nSPS) is 8.14. The summed E-state index contributed by atoms with van der Waals surface area (Å²) >= 11 is 0. The van der Waals surface area contributed by atoms with Gasteiger partial charge in [-0.25, -0.2) is 9.78 Å². The Kier molecular flexibility index (Phi) is 5.60. The summed E-state index contributed by atoms with van der Waals surface area (Å²) in [6.45, 7) is 0. The van der Waals surface area contributed by atoms with Gasteiger partial charge in [0.2, 0.25) is 6.41 Å². The van der Waals surface area contributed by atoms with Crippen LogP contribution in [0.1, 0.15) is 10.5 Å². The highest BCUT2D eigenvalue weighted by atomic mass is 16.4. The smallest absolute Gasteiger partial charge is 0.356 e. The van der Waals surface area contributed by atoms with Gasteiger partial charge in [-0.05, 0) is 0 Å². The molecule has 0 aliphatic rings. The van der Waals surface area contributed by atoms with Gasteiger partial charge in [0.05, 0.1) is 6.20 Å². The average Bonchev–Trinajstić information content (AvgIpc) is 2.20. The maximum atomic E-state index is 10.1. The van der Waals surface area contributed by atoms with Crippen molar-refractivity contribution in [3.05, 3.63) is 24.3 Å². The molecule has 1 N–H and O–H groups in total. The molecule has 6 nitrogen and oxygen atoms in total. The van der Waals surface area contributed by atoms with Crippen LogP contribution in [0, 0.1) is 0 Å². The Morgan fingerprint density at radius 3 is 2.29 bits per heavy atom. The van der Waals surface area contributed by atoms with Crippen LogP contribution in [-0.4, -0.2) is 46.4 Å². The van der Waals surface area contributed by atoms with E-state index in [0.29, 0.717) is 0 Å². The van der Waals surface area contributed by atoms with E-state index in [1.807, 2.05) is 0 Å². The summed E-state index contributed by atoms with van der Waals surface area (Å²) in [5, 5.41) is 8.28. The van der Waals surface area contributed by atoms with Gasteiger partial charge in [0.1, 0.15) is 0 Å². The number of nitrogens with zero attached hydrogens (tertiary/aromatic N) is 3. The van der Waals surface area contributed by atoms with Crippen LogP contribution in [0.5, 0.6) is 0 Å². The molecule has 0 bridgehead atoms. The van der Waals surface area contributed by atoms with Gasteiger partial charge in [-0.15, -0.1) is 0 Å². The molecule has 1 aromatic heterocycles. The Morgan fingerprint density at radius 1 is 1.50 bits per heavy atom. The second kappa shape index (κ2) is 6.53. The monoisotopic (exact) mass is 197 g/mol. The number of carboxylic acid groups (broad SMARTS) is 1. The summed E-state index contributed by atoms with van der Waals surface area (Å²) < 4.78 is 0. The number of carboxylic acids is 1. The number of hydrogen-bond acceptors (Lipinski definition) is 4. The molecule has 1 rings (SSSR count). The summed E-state index contributed by atoms with van der Waals surface area (Å²) in [6.07, 6.45) is 4.71. The zero-order valence-electron chi connectivity index (χ0n) is 7.91. The van der Waals surface area contributed by atoms with Crippen LogP contribution < -0.4 is 0 Å². The summed E-state index contributed by atoms with van der Waals surface area (Å²) in [5.41, 5.74) is -0.0301. The number of aromatic carboxylic acids is 1. The van der Waals surface area contributed by atoms with Crippen LogP contribution in [0.2, 0.25) is 0 Å². The Balaban J connectivity index is 0.000000292. The molecule has 0 aromatic carbocycles. The maximum absolute atomic E-state index is 10.1. The van der Waals surface area contributed by atoms with E-state index >= 15 is 0 Å². The van der Waals surface area contributed by atoms with Crippen LogP contribution in [-0.2, 0) is 4.79 Å². The van der Waals surface area contributed by atoms with E-state index in [9.17, 15) is 9.59 Å². The second-order valence-corrected chi connectivity index (χ2v) is 2.46. The fourth-order valence-electron chi connectivity index (χ4n) is 0.410. The Hall–Kier alpha value is -1.98. The molecule has 0 saturated heterocycles. The minimum absolute atomic E-state index is 0.0301. The van der Waals surface area contributed by atoms with Crippen LogP contribution in [0.15, 0.2) is 18.6 Å². The quantitative estimate of drug-likeness (QED) is 0.668. The highest BCUT2D eigenvalue weighted by Crippen LogP contribution is 1.86. The van der Waals surface area contributed by atoms with Crippen molar-refractivity contribution >= 4 is 12.4 Å². The Labute approximate surface area is 81.2 Å². The first-order chi connectivity index (χ1) is 6.57. The van der Waals surface area contributed by atoms with Crippen molar-refractivity contribution in [1.82, 2.24) is 14.9 Å². The van der Waals surface area contributed by atoms with Crippen molar-refractivity contribution in [2.24, 2.45) is 0 Å². The van der Waals surface area contributed by atoms with E-state index < -0.39 is 5.97 Å². The molecule has 0 aliphatic heterocycles. The average molecular weight is 197 g/mol. The van der Waals surface area contributed by atoms with E-state index in [-0.39, 0.29) is 5.69 Å². The van der Waals surface area contributed by atoms with E-state index in [4.69, 9.17) is 5.11 Å². The lowest BCUT2D eigenvalue weighted by Crippen LogP contribution is -2.06. The predicted molar refractivity (Wildman–Crippen MR) is 48.7 cm³/mol. The molecule has 1 amide bonds. The van der Waals surface area contributed by atoms with E-state index in [1.165, 1.54) is 23.5 Å². The first-order valence-corrected chi connectivity index (χ1v) is 3.69. The standard InChI is InChI=1S/C5H4N2O2.C3H7NO/c8-5(9)4-3-6-1-2-7-4;1-4(2)3-5/h1-3H,(H,8,9);3H,1-2H3. The third kappa shape index (κ3) is 5.64. The van der Waals surface area contributed by atoms with Gasteiger partial charge in [0, 0.05) is 26.5 Å². The van der Waals surface area contributed by atoms with Crippen molar-refractivity contribution in [2.75, 3.05) is 14.1 Å². The summed E-state index contributed by atoms with van der Waals surface area (Å²) in [6, 6.07) is 0. The zero-order chi connectivity index (χ0) is 11.0. The number of rotatable bonds is 2. The number of amides is 1. The predicted octanol–water partition coefficient (Wildman–Crippen LogP) is -0.121. The van der Waals surface area contributed by atoms with Crippen molar-refractivity contribution in [1.29, 1.82) is 0 Å². The molecule has 76 valence electrons. The van der Waals surface area contributed by atoms with Gasteiger partial charge in [-0.1, -0.05) is 0 Å². The highest BCUT2D eigenvalue weighted by Gasteiger charge is 2.00. The summed E-state index contributed by atoms with van der Waals surface area (Å²) in [7, 11) is 3.38. The van der Waals surface area contributed by atoms with E-state index in [0.717, 1.165) is 6.41 Å². The van der Waals surface area contributed by atoms with Gasteiger partial charge in [-0.3, -0.25) is 9.78 Å². The third-order valence-electron chi connectivity index (χ3n) is 0.993. The summed E-state index contributed by atoms with van der Waals surface area (Å²) in [5.74, 6) is -1.05. The lowest BCUT2D eigenvalue weighted by Gasteiger charge is -1.93. The van der Waals surface area contributed by atoms with Crippen molar-refractivity contribution in [2.45, 2.75) is 0 Å². The Morgan fingerprint density at radius 2 is 2.07 bits per heavy atom. The lowest BCUT2D eigenvalue weighted by atomic mass is 10.5. The lowest BCUT2D eigenvalue weighted by molar-refractivity contribution is -0.115. The van der Waals surface area contributed by atoms with Crippen molar-refractivity contribution < 1.29 is 14.7 Å². The molecule has 0 atom stereocenters. The van der Waals surface area contributed by atoms with Gasteiger partial charge in [0.25, 0.3) is 0 Å². The Bertz CT molecular complexity index is 287. The fraction of sp³-hybridized carbons (Fsp3) is 0.250. The number of aromatic nitrogens is 2. The van der Waals surface area contributed by atoms with Gasteiger partial charge in [-0.2, -0.15) is 0 Å². The van der Waals surface area contributed by atoms with Crippen LogP contribution in [0.3, 0.4) is 0 Å². The molecule has 0 spiro atoms. The minimum Gasteiger partial charge on any atom is -0.476 e. The van der Waals surface area contributed by atoms with E-state index in [1.54, 1.807) is 14.1 Å².